The van der Waals surface area contributed by atoms with Crippen LogP contribution in [0.4, 0.5) is 11.4 Å². The summed E-state index contributed by atoms with van der Waals surface area (Å²) in [6, 6.07) is 12.2. The van der Waals surface area contributed by atoms with Crippen LogP contribution in [-0.2, 0) is 20.5 Å². The molecule has 2 N–H and O–H groups in total. The Labute approximate surface area is 220 Å². The van der Waals surface area contributed by atoms with E-state index >= 15 is 0 Å². The third-order valence-electron chi connectivity index (χ3n) is 7.34. The van der Waals surface area contributed by atoms with Crippen molar-refractivity contribution in [2.75, 3.05) is 4.90 Å². The average Bonchev–Trinajstić information content (AvgIpc) is 2.85. The first kappa shape index (κ1) is 28.4. The number of aliphatic hydroxyl groups is 1. The van der Waals surface area contributed by atoms with Crippen LogP contribution in [0.25, 0.3) is 0 Å². The highest BCUT2D eigenvalue weighted by Gasteiger charge is 2.37. The molecule has 0 saturated heterocycles. The number of carbonyl (C=O) groups is 2. The number of aliphatic hydroxyl groups excluding tert-OH is 1. The van der Waals surface area contributed by atoms with Crippen LogP contribution >= 0.6 is 0 Å². The molecule has 3 rings (SSSR count). The van der Waals surface area contributed by atoms with E-state index in [1.807, 2.05) is 6.07 Å². The number of hydrogen-bond donors (Lipinski definition) is 2. The molecule has 7 nitrogen and oxygen atoms in total. The van der Waals surface area contributed by atoms with Crippen LogP contribution in [0.15, 0.2) is 47.6 Å². The molecule has 0 saturated carbocycles. The lowest BCUT2D eigenvalue weighted by atomic mass is 9.63. The minimum absolute atomic E-state index is 0.0317. The molecule has 0 radical (unpaired) electrons. The van der Waals surface area contributed by atoms with Crippen LogP contribution in [0, 0.1) is 0 Å². The molecule has 7 heteroatoms. The lowest BCUT2D eigenvalue weighted by Crippen LogP contribution is -2.34. The summed E-state index contributed by atoms with van der Waals surface area (Å²) in [6.45, 7) is 11.0. The van der Waals surface area contributed by atoms with Crippen molar-refractivity contribution in [2.45, 2.75) is 96.7 Å². The van der Waals surface area contributed by atoms with Crippen molar-refractivity contribution in [3.05, 3.63) is 59.2 Å². The van der Waals surface area contributed by atoms with E-state index in [2.05, 4.69) is 51.9 Å². The molecule has 2 aromatic carbocycles. The van der Waals surface area contributed by atoms with Crippen molar-refractivity contribution >= 4 is 29.5 Å². The van der Waals surface area contributed by atoms with Gasteiger partial charge in [0.25, 0.3) is 5.91 Å². The molecule has 0 bridgehead atoms. The molecule has 0 aromatic heterocycles. The van der Waals surface area contributed by atoms with Gasteiger partial charge in [0.1, 0.15) is 6.21 Å². The first-order valence-electron chi connectivity index (χ1n) is 13.2. The monoisotopic (exact) mass is 508 g/mol. The maximum absolute atomic E-state index is 13.4. The summed E-state index contributed by atoms with van der Waals surface area (Å²) < 4.78 is 0. The van der Waals surface area contributed by atoms with Gasteiger partial charge in [-0.15, -0.1) is 0 Å². The molecule has 0 spiro atoms. The third kappa shape index (κ3) is 6.98. The maximum atomic E-state index is 13.4. The number of unbranched alkanes of at least 4 members (excludes halogenated alkanes) is 3. The summed E-state index contributed by atoms with van der Waals surface area (Å²) in [7, 11) is 0. The fourth-order valence-electron chi connectivity index (χ4n) is 4.87. The number of rotatable bonds is 11. The standard InChI is InChI=1S/C30H40N2O5/c1-6-7-8-9-10-27(34)37-31-20-26(33)32(22-13-11-21(12-14-22)28(35)36)23-15-16-24-25(19-23)30(4,5)18-17-29(24,2)3/h11-16,19-20,27,34H,6-10,17-18H2,1-5H3,(H,35,36). The molecule has 0 fully saturated rings. The summed E-state index contributed by atoms with van der Waals surface area (Å²) in [5, 5.41) is 23.1. The van der Waals surface area contributed by atoms with Gasteiger partial charge in [-0.2, -0.15) is 0 Å². The second-order valence-corrected chi connectivity index (χ2v) is 11.2. The van der Waals surface area contributed by atoms with Gasteiger partial charge in [-0.25, -0.2) is 4.79 Å². The Kier molecular flexibility index (Phi) is 9.13. The van der Waals surface area contributed by atoms with E-state index in [-0.39, 0.29) is 16.4 Å². The van der Waals surface area contributed by atoms with Gasteiger partial charge in [0.05, 0.1) is 5.56 Å². The number of nitrogens with zero attached hydrogens (tertiary/aromatic N) is 2. The van der Waals surface area contributed by atoms with Crippen molar-refractivity contribution < 1.29 is 24.6 Å². The normalized spacial score (nSPS) is 16.7. The Morgan fingerprint density at radius 3 is 2.22 bits per heavy atom. The highest BCUT2D eigenvalue weighted by molar-refractivity contribution is 6.34. The van der Waals surface area contributed by atoms with Crippen molar-refractivity contribution in [3.8, 4) is 0 Å². The number of carbonyl (C=O) groups excluding carboxylic acids is 1. The number of fused-ring (bicyclic) bond motifs is 1. The zero-order valence-electron chi connectivity index (χ0n) is 22.7. The number of hydrogen-bond acceptors (Lipinski definition) is 5. The van der Waals surface area contributed by atoms with E-state index in [0.717, 1.165) is 44.7 Å². The average molecular weight is 509 g/mol. The quantitative estimate of drug-likeness (QED) is 0.152. The molecule has 37 heavy (non-hydrogen) atoms. The van der Waals surface area contributed by atoms with Gasteiger partial charge in [-0.05, 0) is 77.6 Å². The summed E-state index contributed by atoms with van der Waals surface area (Å²) >= 11 is 0. The summed E-state index contributed by atoms with van der Waals surface area (Å²) in [5.41, 5.74) is 3.73. The zero-order valence-corrected chi connectivity index (χ0v) is 22.7. The van der Waals surface area contributed by atoms with Gasteiger partial charge >= 0.3 is 5.97 Å². The van der Waals surface area contributed by atoms with Crippen LogP contribution in [-0.4, -0.2) is 34.6 Å². The van der Waals surface area contributed by atoms with Gasteiger partial charge in [0, 0.05) is 17.8 Å². The summed E-state index contributed by atoms with van der Waals surface area (Å²) in [4.78, 5) is 31.4. The Balaban J connectivity index is 1.92. The molecule has 0 heterocycles. The number of anilines is 2. The number of aromatic carboxylic acids is 1. The highest BCUT2D eigenvalue weighted by atomic mass is 16.7. The fraction of sp³-hybridized carbons (Fsp3) is 0.500. The predicted molar refractivity (Wildman–Crippen MR) is 147 cm³/mol. The Morgan fingerprint density at radius 2 is 1.59 bits per heavy atom. The fourth-order valence-corrected chi connectivity index (χ4v) is 4.87. The van der Waals surface area contributed by atoms with Crippen molar-refractivity contribution in [1.29, 1.82) is 0 Å². The van der Waals surface area contributed by atoms with E-state index in [4.69, 9.17) is 4.84 Å². The van der Waals surface area contributed by atoms with Gasteiger partial charge in [-0.1, -0.05) is 65.1 Å². The van der Waals surface area contributed by atoms with E-state index < -0.39 is 18.2 Å². The minimum atomic E-state index is -1.07. The number of amides is 1. The number of oxime groups is 1. The number of carboxylic acids is 1. The minimum Gasteiger partial charge on any atom is -0.478 e. The topological polar surface area (TPSA) is 99.4 Å². The second kappa shape index (κ2) is 11.9. The molecule has 1 atom stereocenters. The Morgan fingerprint density at radius 1 is 0.973 bits per heavy atom. The molecule has 1 amide bonds. The van der Waals surface area contributed by atoms with E-state index in [0.29, 0.717) is 17.8 Å². The van der Waals surface area contributed by atoms with E-state index in [1.165, 1.54) is 28.2 Å². The molecular weight excluding hydrogens is 468 g/mol. The molecule has 1 unspecified atom stereocenters. The number of benzene rings is 2. The lowest BCUT2D eigenvalue weighted by Gasteiger charge is -2.42. The van der Waals surface area contributed by atoms with Crippen LogP contribution < -0.4 is 4.90 Å². The first-order chi connectivity index (χ1) is 17.5. The molecule has 0 aliphatic heterocycles. The van der Waals surface area contributed by atoms with Crippen molar-refractivity contribution in [2.24, 2.45) is 5.16 Å². The van der Waals surface area contributed by atoms with Crippen LogP contribution in [0.5, 0.6) is 0 Å². The van der Waals surface area contributed by atoms with E-state index in [9.17, 15) is 19.8 Å². The second-order valence-electron chi connectivity index (χ2n) is 11.2. The van der Waals surface area contributed by atoms with Gasteiger partial charge in [0.15, 0.2) is 0 Å². The Hall–Kier alpha value is -3.19. The molecule has 1 aliphatic carbocycles. The number of carboxylic acid groups (broad SMARTS) is 1. The highest BCUT2D eigenvalue weighted by Crippen LogP contribution is 2.47. The molecular formula is C30H40N2O5. The molecule has 200 valence electrons. The lowest BCUT2D eigenvalue weighted by molar-refractivity contribution is -0.113. The third-order valence-corrected chi connectivity index (χ3v) is 7.34. The van der Waals surface area contributed by atoms with Crippen LogP contribution in [0.3, 0.4) is 0 Å². The SMILES string of the molecule is CCCCCCC(O)ON=CC(=O)N(c1ccc(C(=O)O)cc1)c1ccc2c(c1)C(C)(C)CCC2(C)C. The Bertz CT molecular complexity index is 1120. The smallest absolute Gasteiger partial charge is 0.335 e. The van der Waals surface area contributed by atoms with Crippen molar-refractivity contribution in [3.63, 3.8) is 0 Å². The predicted octanol–water partition coefficient (Wildman–Crippen LogP) is 6.69. The van der Waals surface area contributed by atoms with Crippen molar-refractivity contribution in [1.82, 2.24) is 0 Å². The van der Waals surface area contributed by atoms with Gasteiger partial charge < -0.3 is 15.1 Å². The van der Waals surface area contributed by atoms with Gasteiger partial charge in [0.2, 0.25) is 6.29 Å². The summed E-state index contributed by atoms with van der Waals surface area (Å²) in [6.07, 6.45) is 6.56. The zero-order chi connectivity index (χ0) is 27.2. The van der Waals surface area contributed by atoms with Crippen LogP contribution in [0.2, 0.25) is 0 Å². The summed E-state index contributed by atoms with van der Waals surface area (Å²) in [5.74, 6) is -1.50. The largest absolute Gasteiger partial charge is 0.478 e. The molecule has 2 aromatic rings. The van der Waals surface area contributed by atoms with Gasteiger partial charge in [-0.3, -0.25) is 9.69 Å². The maximum Gasteiger partial charge on any atom is 0.335 e. The van der Waals surface area contributed by atoms with Crippen LogP contribution in [0.1, 0.15) is 101 Å². The first-order valence-corrected chi connectivity index (χ1v) is 13.2. The van der Waals surface area contributed by atoms with E-state index in [1.54, 1.807) is 12.1 Å². The molecule has 1 aliphatic rings.